The van der Waals surface area contributed by atoms with Gasteiger partial charge in [0.15, 0.2) is 0 Å². The van der Waals surface area contributed by atoms with Gasteiger partial charge in [0.05, 0.1) is 36.6 Å². The lowest BCUT2D eigenvalue weighted by Crippen LogP contribution is -2.34. The molecule has 8 nitrogen and oxygen atoms in total. The maximum atomic E-state index is 11.6. The van der Waals surface area contributed by atoms with E-state index in [0.717, 1.165) is 60.9 Å². The fourth-order valence-corrected chi connectivity index (χ4v) is 4.64. The van der Waals surface area contributed by atoms with Crippen LogP contribution in [-0.4, -0.2) is 44.2 Å². The second-order valence-electron chi connectivity index (χ2n) is 8.80. The van der Waals surface area contributed by atoms with E-state index in [1.165, 1.54) is 5.56 Å². The second kappa shape index (κ2) is 9.70. The maximum absolute atomic E-state index is 11.6. The summed E-state index contributed by atoms with van der Waals surface area (Å²) in [6, 6.07) is 8.57. The highest BCUT2D eigenvalue weighted by atomic mass is 16.5. The summed E-state index contributed by atoms with van der Waals surface area (Å²) in [4.78, 5) is 23.1. The van der Waals surface area contributed by atoms with Crippen molar-refractivity contribution in [2.45, 2.75) is 59.2 Å². The number of nitrogens with two attached hydrogens (primary N) is 1. The fourth-order valence-electron chi connectivity index (χ4n) is 4.64. The molecule has 33 heavy (non-hydrogen) atoms. The molecule has 0 saturated carbocycles. The van der Waals surface area contributed by atoms with Gasteiger partial charge in [0.1, 0.15) is 11.6 Å². The predicted molar refractivity (Wildman–Crippen MR) is 126 cm³/mol. The Morgan fingerprint density at radius 3 is 2.67 bits per heavy atom. The third-order valence-electron chi connectivity index (χ3n) is 6.33. The minimum Gasteiger partial charge on any atom is -0.496 e. The lowest BCUT2D eigenvalue weighted by molar-refractivity contribution is 0.0998. The number of aromatic nitrogens is 4. The summed E-state index contributed by atoms with van der Waals surface area (Å²) in [6.07, 6.45) is 4.83. The molecule has 0 spiro atoms. The molecule has 4 rings (SSSR count). The van der Waals surface area contributed by atoms with Crippen LogP contribution in [0, 0.1) is 20.8 Å². The van der Waals surface area contributed by atoms with E-state index in [9.17, 15) is 4.79 Å². The number of methoxy groups -OCH3 is 1. The summed E-state index contributed by atoms with van der Waals surface area (Å²) in [6.45, 7) is 8.32. The van der Waals surface area contributed by atoms with E-state index in [-0.39, 0.29) is 6.04 Å². The molecule has 2 aromatic heterocycles. The molecule has 2 N–H and O–H groups in total. The van der Waals surface area contributed by atoms with Gasteiger partial charge in [0.2, 0.25) is 0 Å². The summed E-state index contributed by atoms with van der Waals surface area (Å²) < 4.78 is 7.64. The number of amides is 1. The van der Waals surface area contributed by atoms with Gasteiger partial charge in [-0.25, -0.2) is 9.97 Å². The third kappa shape index (κ3) is 5.06. The molecule has 3 heterocycles. The Hall–Kier alpha value is -3.26. The maximum Gasteiger partial charge on any atom is 0.252 e. The molecule has 1 saturated heterocycles. The van der Waals surface area contributed by atoms with Crippen LogP contribution in [-0.2, 0) is 13.1 Å². The van der Waals surface area contributed by atoms with Crippen LogP contribution in [0.25, 0.3) is 0 Å². The Morgan fingerprint density at radius 1 is 1.18 bits per heavy atom. The fraction of sp³-hybridized carbons (Fsp3) is 0.440. The normalized spacial score (nSPS) is 16.7. The Morgan fingerprint density at radius 2 is 2.00 bits per heavy atom. The number of hydrogen-bond donors (Lipinski definition) is 1. The predicted octanol–water partition coefficient (Wildman–Crippen LogP) is 3.48. The summed E-state index contributed by atoms with van der Waals surface area (Å²) in [5, 5.41) is 4.61. The highest BCUT2D eigenvalue weighted by Gasteiger charge is 2.27. The summed E-state index contributed by atoms with van der Waals surface area (Å²) in [5.74, 6) is 1.13. The number of ether oxygens (including phenoxy) is 1. The highest BCUT2D eigenvalue weighted by molar-refractivity contribution is 5.93. The molecule has 174 valence electrons. The lowest BCUT2D eigenvalue weighted by atomic mass is 9.99. The Kier molecular flexibility index (Phi) is 6.74. The largest absolute Gasteiger partial charge is 0.496 e. The van der Waals surface area contributed by atoms with E-state index in [0.29, 0.717) is 17.8 Å². The van der Waals surface area contributed by atoms with Crippen molar-refractivity contribution >= 4 is 5.91 Å². The quantitative estimate of drug-likeness (QED) is 0.594. The van der Waals surface area contributed by atoms with Crippen molar-refractivity contribution < 1.29 is 9.53 Å². The van der Waals surface area contributed by atoms with E-state index in [2.05, 4.69) is 45.1 Å². The number of nitrogens with zero attached hydrogens (tertiary/aromatic N) is 5. The van der Waals surface area contributed by atoms with Crippen LogP contribution in [0.1, 0.15) is 69.7 Å². The number of carbonyl (C=O) groups is 1. The van der Waals surface area contributed by atoms with Crippen LogP contribution < -0.4 is 10.5 Å². The molecule has 0 aliphatic carbocycles. The number of hydrogen-bond acceptors (Lipinski definition) is 6. The van der Waals surface area contributed by atoms with Crippen molar-refractivity contribution in [1.29, 1.82) is 0 Å². The lowest BCUT2D eigenvalue weighted by Gasteiger charge is -2.35. The van der Waals surface area contributed by atoms with Gasteiger partial charge in [-0.3, -0.25) is 14.4 Å². The van der Waals surface area contributed by atoms with E-state index in [1.807, 2.05) is 24.6 Å². The first-order chi connectivity index (χ1) is 15.9. The number of piperidine rings is 1. The molecule has 1 atom stereocenters. The van der Waals surface area contributed by atoms with E-state index < -0.39 is 5.91 Å². The molecule has 1 amide bonds. The van der Waals surface area contributed by atoms with E-state index in [1.54, 1.807) is 13.3 Å². The van der Waals surface area contributed by atoms with Gasteiger partial charge in [0.25, 0.3) is 5.91 Å². The second-order valence-corrected chi connectivity index (χ2v) is 8.80. The van der Waals surface area contributed by atoms with Crippen molar-refractivity contribution in [3.8, 4) is 5.75 Å². The van der Waals surface area contributed by atoms with Crippen LogP contribution >= 0.6 is 0 Å². The van der Waals surface area contributed by atoms with Gasteiger partial charge in [-0.1, -0.05) is 12.5 Å². The van der Waals surface area contributed by atoms with E-state index in [4.69, 9.17) is 10.5 Å². The third-order valence-corrected chi connectivity index (χ3v) is 6.33. The number of carbonyl (C=O) groups excluding carboxylic acids is 1. The zero-order valence-electron chi connectivity index (χ0n) is 19.8. The average Bonchev–Trinajstić information content (AvgIpc) is 3.10. The first-order valence-corrected chi connectivity index (χ1v) is 11.4. The van der Waals surface area contributed by atoms with Crippen molar-refractivity contribution in [3.63, 3.8) is 0 Å². The Balaban J connectivity index is 1.58. The van der Waals surface area contributed by atoms with Gasteiger partial charge >= 0.3 is 0 Å². The van der Waals surface area contributed by atoms with Crippen LogP contribution in [0.4, 0.5) is 0 Å². The molecule has 1 aromatic carbocycles. The van der Waals surface area contributed by atoms with Gasteiger partial charge in [-0.2, -0.15) is 5.10 Å². The van der Waals surface area contributed by atoms with Gasteiger partial charge in [-0.15, -0.1) is 0 Å². The molecule has 0 unspecified atom stereocenters. The molecule has 0 bridgehead atoms. The van der Waals surface area contributed by atoms with Crippen molar-refractivity contribution in [1.82, 2.24) is 24.6 Å². The zero-order chi connectivity index (χ0) is 23.5. The molecule has 3 aromatic rings. The van der Waals surface area contributed by atoms with Gasteiger partial charge < -0.3 is 10.5 Å². The summed E-state index contributed by atoms with van der Waals surface area (Å²) in [7, 11) is 1.70. The SMILES string of the molecule is COc1ccc(CN2CCCC[C@H]2c2ncc(C(N)=O)c(C)n2)cc1Cn1nc(C)cc1C. The topological polar surface area (TPSA) is 99.2 Å². The molecular formula is C25H32N6O2. The Bertz CT molecular complexity index is 1160. The van der Waals surface area contributed by atoms with Crippen LogP contribution in [0.5, 0.6) is 5.75 Å². The standard InChI is InChI=1S/C25H32N6O2/c1-16-11-17(2)31(29-16)15-20-12-19(8-9-23(20)33-4)14-30-10-6-5-7-22(30)25-27-13-21(24(26)32)18(3)28-25/h8-9,11-13,22H,5-7,10,14-15H2,1-4H3,(H2,26,32)/t22-/m0/s1. The van der Waals surface area contributed by atoms with Crippen molar-refractivity contribution in [3.05, 3.63) is 70.1 Å². The average molecular weight is 449 g/mol. The smallest absolute Gasteiger partial charge is 0.252 e. The van der Waals surface area contributed by atoms with Gasteiger partial charge in [-0.05, 0) is 63.9 Å². The van der Waals surface area contributed by atoms with Crippen LogP contribution in [0.2, 0.25) is 0 Å². The number of primary amides is 1. The first kappa shape index (κ1) is 22.9. The molecule has 1 aliphatic heterocycles. The van der Waals surface area contributed by atoms with Crippen LogP contribution in [0.15, 0.2) is 30.5 Å². The number of benzene rings is 1. The minimum absolute atomic E-state index is 0.112. The number of likely N-dealkylation sites (tertiary alicyclic amines) is 1. The number of aryl methyl sites for hydroxylation is 3. The number of rotatable bonds is 7. The molecule has 1 fully saturated rings. The van der Waals surface area contributed by atoms with Gasteiger partial charge in [0, 0.05) is 24.0 Å². The van der Waals surface area contributed by atoms with Crippen molar-refractivity contribution in [2.24, 2.45) is 5.73 Å². The molecule has 0 radical (unpaired) electrons. The van der Waals surface area contributed by atoms with Crippen LogP contribution in [0.3, 0.4) is 0 Å². The monoisotopic (exact) mass is 448 g/mol. The zero-order valence-corrected chi connectivity index (χ0v) is 19.8. The summed E-state index contributed by atoms with van der Waals surface area (Å²) >= 11 is 0. The molecule has 1 aliphatic rings. The highest BCUT2D eigenvalue weighted by Crippen LogP contribution is 2.31. The molecular weight excluding hydrogens is 416 g/mol. The Labute approximate surface area is 194 Å². The molecule has 8 heteroatoms. The first-order valence-electron chi connectivity index (χ1n) is 11.4. The summed E-state index contributed by atoms with van der Waals surface area (Å²) in [5.41, 5.74) is 10.9. The van der Waals surface area contributed by atoms with Crippen molar-refractivity contribution in [2.75, 3.05) is 13.7 Å². The minimum atomic E-state index is -0.493. The van der Waals surface area contributed by atoms with E-state index >= 15 is 0 Å².